The molecular formula is C15H19NO2. The Labute approximate surface area is 108 Å². The Morgan fingerprint density at radius 3 is 2.44 bits per heavy atom. The van der Waals surface area contributed by atoms with Crippen LogP contribution in [0.1, 0.15) is 28.7 Å². The Balaban J connectivity index is 2.36. The van der Waals surface area contributed by atoms with Crippen LogP contribution in [0.3, 0.4) is 0 Å². The van der Waals surface area contributed by atoms with E-state index in [1.807, 2.05) is 39.1 Å². The summed E-state index contributed by atoms with van der Waals surface area (Å²) in [6.45, 7) is 4.00. The topological polar surface area (TPSA) is 34.4 Å². The zero-order valence-corrected chi connectivity index (χ0v) is 11.3. The summed E-state index contributed by atoms with van der Waals surface area (Å²) in [4.78, 5) is 0. The summed E-state index contributed by atoms with van der Waals surface area (Å²) in [6.07, 6.45) is 0. The molecule has 1 atom stereocenters. The van der Waals surface area contributed by atoms with Gasteiger partial charge in [-0.2, -0.15) is 0 Å². The minimum Gasteiger partial charge on any atom is -0.496 e. The van der Waals surface area contributed by atoms with Crippen LogP contribution < -0.4 is 10.1 Å². The number of hydrogen-bond acceptors (Lipinski definition) is 3. The number of nitrogens with one attached hydrogen (secondary N) is 1. The third kappa shape index (κ3) is 2.41. The lowest BCUT2D eigenvalue weighted by molar-refractivity contribution is 0.410. The first-order valence-corrected chi connectivity index (χ1v) is 6.04. The molecule has 0 amide bonds. The Hall–Kier alpha value is -1.74. The fraction of sp³-hybridized carbons (Fsp3) is 0.333. The molecule has 0 saturated heterocycles. The predicted octanol–water partition coefficient (Wildman–Crippen LogP) is 3.21. The number of rotatable bonds is 4. The summed E-state index contributed by atoms with van der Waals surface area (Å²) in [7, 11) is 3.62. The molecule has 0 radical (unpaired) electrons. The number of furan rings is 1. The maximum absolute atomic E-state index is 5.69. The normalized spacial score (nSPS) is 12.4. The maximum atomic E-state index is 5.69. The first-order chi connectivity index (χ1) is 8.65. The molecule has 3 heteroatoms. The van der Waals surface area contributed by atoms with Crippen molar-refractivity contribution >= 4 is 0 Å². The molecule has 0 bridgehead atoms. The average Bonchev–Trinajstić information content (AvgIpc) is 2.77. The van der Waals surface area contributed by atoms with Gasteiger partial charge in [0, 0.05) is 0 Å². The number of methoxy groups -OCH3 is 1. The molecule has 0 aliphatic heterocycles. The second-order valence-electron chi connectivity index (χ2n) is 4.40. The molecule has 1 aromatic heterocycles. The molecule has 0 fully saturated rings. The van der Waals surface area contributed by atoms with Crippen molar-refractivity contribution < 1.29 is 9.15 Å². The van der Waals surface area contributed by atoms with E-state index < -0.39 is 0 Å². The highest BCUT2D eigenvalue weighted by Crippen LogP contribution is 2.27. The van der Waals surface area contributed by atoms with E-state index in [1.54, 1.807) is 7.11 Å². The largest absolute Gasteiger partial charge is 0.496 e. The molecule has 18 heavy (non-hydrogen) atoms. The van der Waals surface area contributed by atoms with Crippen LogP contribution in [0.25, 0.3) is 0 Å². The number of ether oxygens (including phenoxy) is 1. The summed E-state index contributed by atoms with van der Waals surface area (Å²) >= 11 is 0. The highest BCUT2D eigenvalue weighted by atomic mass is 16.5. The second-order valence-corrected chi connectivity index (χ2v) is 4.40. The Morgan fingerprint density at radius 1 is 1.17 bits per heavy atom. The van der Waals surface area contributed by atoms with Gasteiger partial charge in [-0.3, -0.25) is 0 Å². The summed E-state index contributed by atoms with van der Waals surface area (Å²) in [5.74, 6) is 2.76. The quantitative estimate of drug-likeness (QED) is 0.898. The zero-order chi connectivity index (χ0) is 13.1. The average molecular weight is 245 g/mol. The Bertz CT molecular complexity index is 531. The van der Waals surface area contributed by atoms with Crippen molar-refractivity contribution in [2.45, 2.75) is 19.9 Å². The molecular weight excluding hydrogens is 226 g/mol. The van der Waals surface area contributed by atoms with Gasteiger partial charge in [0.2, 0.25) is 0 Å². The van der Waals surface area contributed by atoms with Gasteiger partial charge in [-0.05, 0) is 50.2 Å². The molecule has 2 aromatic rings. The van der Waals surface area contributed by atoms with Gasteiger partial charge in [0.25, 0.3) is 0 Å². The monoisotopic (exact) mass is 245 g/mol. The Kier molecular flexibility index (Phi) is 3.72. The van der Waals surface area contributed by atoms with Gasteiger partial charge in [-0.25, -0.2) is 0 Å². The highest BCUT2D eigenvalue weighted by Gasteiger charge is 2.16. The molecule has 0 saturated carbocycles. The summed E-state index contributed by atoms with van der Waals surface area (Å²) in [6, 6.07) is 10.2. The molecule has 0 aliphatic rings. The first kappa shape index (κ1) is 12.7. The predicted molar refractivity (Wildman–Crippen MR) is 72.1 cm³/mol. The van der Waals surface area contributed by atoms with Crippen molar-refractivity contribution in [3.63, 3.8) is 0 Å². The van der Waals surface area contributed by atoms with Crippen molar-refractivity contribution in [2.75, 3.05) is 14.2 Å². The summed E-state index contributed by atoms with van der Waals surface area (Å²) < 4.78 is 11.0. The minimum absolute atomic E-state index is 0.0725. The van der Waals surface area contributed by atoms with E-state index in [1.165, 1.54) is 5.56 Å². The molecule has 1 aromatic carbocycles. The van der Waals surface area contributed by atoms with Gasteiger partial charge in [-0.1, -0.05) is 12.1 Å². The van der Waals surface area contributed by atoms with E-state index in [9.17, 15) is 0 Å². The van der Waals surface area contributed by atoms with Crippen molar-refractivity contribution in [1.29, 1.82) is 0 Å². The lowest BCUT2D eigenvalue weighted by Crippen LogP contribution is -2.17. The SMILES string of the molecule is CNC(c1ccc(OC)c(C)c1)c1ccc(C)o1. The van der Waals surface area contributed by atoms with Crippen molar-refractivity contribution in [1.82, 2.24) is 5.32 Å². The third-order valence-electron chi connectivity index (χ3n) is 3.09. The molecule has 96 valence electrons. The molecule has 0 aliphatic carbocycles. The van der Waals surface area contributed by atoms with E-state index in [2.05, 4.69) is 17.4 Å². The lowest BCUT2D eigenvalue weighted by Gasteiger charge is -2.16. The van der Waals surface area contributed by atoms with Gasteiger partial charge in [0.05, 0.1) is 13.2 Å². The highest BCUT2D eigenvalue weighted by molar-refractivity contribution is 5.39. The minimum atomic E-state index is 0.0725. The van der Waals surface area contributed by atoms with E-state index >= 15 is 0 Å². The van der Waals surface area contributed by atoms with Gasteiger partial charge >= 0.3 is 0 Å². The molecule has 1 unspecified atom stereocenters. The van der Waals surface area contributed by atoms with Gasteiger partial charge in [0.15, 0.2) is 0 Å². The van der Waals surface area contributed by atoms with E-state index in [-0.39, 0.29) is 6.04 Å². The fourth-order valence-electron chi connectivity index (χ4n) is 2.16. The maximum Gasteiger partial charge on any atom is 0.125 e. The number of benzene rings is 1. The van der Waals surface area contributed by atoms with Crippen LogP contribution in [0.15, 0.2) is 34.7 Å². The van der Waals surface area contributed by atoms with Crippen LogP contribution in [0.4, 0.5) is 0 Å². The van der Waals surface area contributed by atoms with Crippen LogP contribution in [0.5, 0.6) is 5.75 Å². The van der Waals surface area contributed by atoms with Gasteiger partial charge < -0.3 is 14.5 Å². The number of hydrogen-bond donors (Lipinski definition) is 1. The zero-order valence-electron chi connectivity index (χ0n) is 11.3. The smallest absolute Gasteiger partial charge is 0.125 e. The standard InChI is InChI=1S/C15H19NO2/c1-10-9-12(6-8-13(10)17-4)15(16-3)14-7-5-11(2)18-14/h5-9,15-16H,1-4H3. The molecule has 3 nitrogen and oxygen atoms in total. The summed E-state index contributed by atoms with van der Waals surface area (Å²) in [5, 5.41) is 3.28. The van der Waals surface area contributed by atoms with Crippen LogP contribution in [-0.2, 0) is 0 Å². The number of aryl methyl sites for hydroxylation is 2. The van der Waals surface area contributed by atoms with Crippen LogP contribution in [0.2, 0.25) is 0 Å². The third-order valence-corrected chi connectivity index (χ3v) is 3.09. The fourth-order valence-corrected chi connectivity index (χ4v) is 2.16. The lowest BCUT2D eigenvalue weighted by atomic mass is 10.0. The van der Waals surface area contributed by atoms with Crippen molar-refractivity contribution in [3.8, 4) is 5.75 Å². The van der Waals surface area contributed by atoms with Crippen LogP contribution >= 0.6 is 0 Å². The first-order valence-electron chi connectivity index (χ1n) is 6.04. The second kappa shape index (κ2) is 5.27. The molecule has 2 rings (SSSR count). The Morgan fingerprint density at radius 2 is 1.94 bits per heavy atom. The van der Waals surface area contributed by atoms with Crippen LogP contribution in [0, 0.1) is 13.8 Å². The molecule has 1 heterocycles. The van der Waals surface area contributed by atoms with E-state index in [4.69, 9.17) is 9.15 Å². The van der Waals surface area contributed by atoms with Crippen molar-refractivity contribution in [3.05, 3.63) is 53.0 Å². The summed E-state index contributed by atoms with van der Waals surface area (Å²) in [5.41, 5.74) is 2.30. The van der Waals surface area contributed by atoms with E-state index in [0.717, 1.165) is 22.8 Å². The van der Waals surface area contributed by atoms with Crippen molar-refractivity contribution in [2.24, 2.45) is 0 Å². The van der Waals surface area contributed by atoms with Gasteiger partial charge in [-0.15, -0.1) is 0 Å². The van der Waals surface area contributed by atoms with Crippen LogP contribution in [-0.4, -0.2) is 14.2 Å². The molecule has 0 spiro atoms. The van der Waals surface area contributed by atoms with E-state index in [0.29, 0.717) is 0 Å². The molecule has 1 N–H and O–H groups in total. The van der Waals surface area contributed by atoms with Gasteiger partial charge in [0.1, 0.15) is 17.3 Å².